The predicted octanol–water partition coefficient (Wildman–Crippen LogP) is 3.55. The first kappa shape index (κ1) is 15.4. The third kappa shape index (κ3) is 3.78. The summed E-state index contributed by atoms with van der Waals surface area (Å²) in [6, 6.07) is 15.7. The standard InChI is InChI=1S/C14H15IO4S/c1-12-8-10-14(11-9-12)20(16,17)19-15(18-2)13-6-4-3-5-7-13/h3-11H,1-2H3. The summed E-state index contributed by atoms with van der Waals surface area (Å²) in [5, 5.41) is 0. The molecule has 2 aromatic rings. The van der Waals surface area contributed by atoms with E-state index < -0.39 is 30.8 Å². The fourth-order valence-electron chi connectivity index (χ4n) is 1.49. The number of hydrogen-bond acceptors (Lipinski definition) is 4. The fourth-order valence-corrected chi connectivity index (χ4v) is 6.79. The molecule has 108 valence electrons. The molecular weight excluding hydrogens is 391 g/mol. The minimum atomic E-state index is -3.79. The fraction of sp³-hybridized carbons (Fsp3) is 0.143. The van der Waals surface area contributed by atoms with E-state index in [1.165, 1.54) is 7.11 Å². The van der Waals surface area contributed by atoms with Crippen LogP contribution in [0, 0.1) is 10.5 Å². The zero-order chi connectivity index (χ0) is 14.6. The second kappa shape index (κ2) is 6.66. The molecule has 0 radical (unpaired) electrons. The summed E-state index contributed by atoms with van der Waals surface area (Å²) >= 11 is -2.66. The van der Waals surface area contributed by atoms with Gasteiger partial charge in [0.05, 0.1) is 0 Å². The number of hydrogen-bond donors (Lipinski definition) is 0. The van der Waals surface area contributed by atoms with Crippen LogP contribution >= 0.6 is 20.6 Å². The molecule has 0 saturated heterocycles. The topological polar surface area (TPSA) is 52.6 Å². The Morgan fingerprint density at radius 3 is 2.10 bits per heavy atom. The average Bonchev–Trinajstić information content (AvgIpc) is 2.46. The Labute approximate surface area is 127 Å². The molecule has 0 bridgehead atoms. The Morgan fingerprint density at radius 1 is 0.950 bits per heavy atom. The normalized spacial score (nSPS) is 12.2. The molecule has 0 heterocycles. The molecule has 0 saturated carbocycles. The van der Waals surface area contributed by atoms with Crippen molar-refractivity contribution in [3.8, 4) is 0 Å². The van der Waals surface area contributed by atoms with Crippen LogP contribution in [0.4, 0.5) is 0 Å². The van der Waals surface area contributed by atoms with Crippen molar-refractivity contribution < 1.29 is 14.0 Å². The Balaban J connectivity index is 2.24. The van der Waals surface area contributed by atoms with Gasteiger partial charge in [-0.1, -0.05) is 0 Å². The van der Waals surface area contributed by atoms with Gasteiger partial charge in [-0.3, -0.25) is 0 Å². The summed E-state index contributed by atoms with van der Waals surface area (Å²) in [4.78, 5) is 0.151. The van der Waals surface area contributed by atoms with Crippen LogP contribution in [-0.2, 0) is 15.7 Å². The molecule has 6 heteroatoms. The summed E-state index contributed by atoms with van der Waals surface area (Å²) in [6.07, 6.45) is 0. The zero-order valence-corrected chi connectivity index (χ0v) is 14.1. The summed E-state index contributed by atoms with van der Waals surface area (Å²) < 4.78 is 35.8. The van der Waals surface area contributed by atoms with Gasteiger partial charge in [0.1, 0.15) is 0 Å². The van der Waals surface area contributed by atoms with Crippen molar-refractivity contribution in [3.63, 3.8) is 0 Å². The SMILES string of the molecule is COI(OS(=O)(=O)c1ccc(C)cc1)c1ccccc1. The second-order valence-electron chi connectivity index (χ2n) is 4.00. The quantitative estimate of drug-likeness (QED) is 0.713. The van der Waals surface area contributed by atoms with Crippen molar-refractivity contribution in [2.75, 3.05) is 7.11 Å². The van der Waals surface area contributed by atoms with Crippen LogP contribution in [0.5, 0.6) is 0 Å². The van der Waals surface area contributed by atoms with Gasteiger partial charge in [-0.15, -0.1) is 0 Å². The van der Waals surface area contributed by atoms with E-state index in [9.17, 15) is 8.42 Å². The molecule has 2 rings (SSSR count). The third-order valence-corrected chi connectivity index (χ3v) is 8.57. The zero-order valence-electron chi connectivity index (χ0n) is 11.1. The van der Waals surface area contributed by atoms with Crippen molar-refractivity contribution in [1.29, 1.82) is 0 Å². The van der Waals surface area contributed by atoms with E-state index in [0.29, 0.717) is 0 Å². The van der Waals surface area contributed by atoms with Crippen LogP contribution in [0.3, 0.4) is 0 Å². The van der Waals surface area contributed by atoms with Crippen LogP contribution in [0.1, 0.15) is 5.56 Å². The molecular formula is C14H15IO4S. The summed E-state index contributed by atoms with van der Waals surface area (Å²) in [5.74, 6) is 0. The van der Waals surface area contributed by atoms with Crippen molar-refractivity contribution >= 4 is 30.8 Å². The Hall–Kier alpha value is -0.960. The van der Waals surface area contributed by atoms with Crippen LogP contribution in [0.25, 0.3) is 0 Å². The van der Waals surface area contributed by atoms with Crippen molar-refractivity contribution in [3.05, 3.63) is 63.7 Å². The molecule has 0 N–H and O–H groups in total. The molecule has 0 aromatic heterocycles. The monoisotopic (exact) mass is 406 g/mol. The molecule has 0 unspecified atom stereocenters. The van der Waals surface area contributed by atoms with Crippen LogP contribution in [0.15, 0.2) is 59.5 Å². The van der Waals surface area contributed by atoms with Crippen molar-refractivity contribution in [2.24, 2.45) is 0 Å². The van der Waals surface area contributed by atoms with E-state index in [-0.39, 0.29) is 4.90 Å². The van der Waals surface area contributed by atoms with Gasteiger partial charge in [-0.2, -0.15) is 0 Å². The van der Waals surface area contributed by atoms with Gasteiger partial charge in [0.15, 0.2) is 0 Å². The van der Waals surface area contributed by atoms with E-state index >= 15 is 0 Å². The summed E-state index contributed by atoms with van der Waals surface area (Å²) in [5.41, 5.74) is 0.995. The molecule has 2 aromatic carbocycles. The van der Waals surface area contributed by atoms with Gasteiger partial charge >= 0.3 is 127 Å². The molecule has 0 aliphatic carbocycles. The van der Waals surface area contributed by atoms with Crippen molar-refractivity contribution in [2.45, 2.75) is 11.8 Å². The molecule has 0 atom stereocenters. The van der Waals surface area contributed by atoms with E-state index in [2.05, 4.69) is 0 Å². The summed E-state index contributed by atoms with van der Waals surface area (Å²) in [7, 11) is -2.32. The van der Waals surface area contributed by atoms with Gasteiger partial charge in [0, 0.05) is 0 Å². The Kier molecular flexibility index (Phi) is 5.14. The molecule has 0 aliphatic rings. The van der Waals surface area contributed by atoms with E-state index in [1.54, 1.807) is 24.3 Å². The van der Waals surface area contributed by atoms with Crippen LogP contribution in [0.2, 0.25) is 0 Å². The first-order chi connectivity index (χ1) is 9.53. The first-order valence-corrected chi connectivity index (χ1v) is 10.1. The molecule has 0 aliphatic heterocycles. The maximum atomic E-state index is 12.2. The number of rotatable bonds is 5. The molecule has 0 amide bonds. The van der Waals surface area contributed by atoms with Crippen molar-refractivity contribution in [1.82, 2.24) is 0 Å². The van der Waals surface area contributed by atoms with E-state index in [1.807, 2.05) is 37.3 Å². The average molecular weight is 406 g/mol. The van der Waals surface area contributed by atoms with Gasteiger partial charge in [0.2, 0.25) is 0 Å². The maximum absolute atomic E-state index is 12.2. The Morgan fingerprint density at radius 2 is 1.55 bits per heavy atom. The Bertz CT molecular complexity index is 653. The third-order valence-electron chi connectivity index (χ3n) is 2.50. The molecule has 4 nitrogen and oxygen atoms in total. The molecule has 20 heavy (non-hydrogen) atoms. The van der Waals surface area contributed by atoms with Crippen LogP contribution in [-0.4, -0.2) is 15.5 Å². The first-order valence-electron chi connectivity index (χ1n) is 5.84. The predicted molar refractivity (Wildman–Crippen MR) is 85.6 cm³/mol. The van der Waals surface area contributed by atoms with Crippen LogP contribution < -0.4 is 0 Å². The number of aryl methyl sites for hydroxylation is 1. The van der Waals surface area contributed by atoms with Gasteiger partial charge < -0.3 is 0 Å². The van der Waals surface area contributed by atoms with Gasteiger partial charge in [-0.05, 0) is 0 Å². The molecule has 0 fully saturated rings. The molecule has 0 spiro atoms. The van der Waals surface area contributed by atoms with Gasteiger partial charge in [-0.25, -0.2) is 0 Å². The number of halogens is 1. The second-order valence-corrected chi connectivity index (χ2v) is 9.95. The number of benzene rings is 2. The van der Waals surface area contributed by atoms with E-state index in [0.717, 1.165) is 9.13 Å². The minimum absolute atomic E-state index is 0.151. The van der Waals surface area contributed by atoms with E-state index in [4.69, 9.17) is 5.58 Å². The van der Waals surface area contributed by atoms with Gasteiger partial charge in [0.25, 0.3) is 0 Å². The summed E-state index contributed by atoms with van der Waals surface area (Å²) in [6.45, 7) is 1.90.